The van der Waals surface area contributed by atoms with E-state index in [-0.39, 0.29) is 11.7 Å². The number of unbranched alkanes of at least 4 members (excludes halogenated alkanes) is 1. The molecule has 140 valence electrons. The minimum Gasteiger partial charge on any atom is -0.340 e. The van der Waals surface area contributed by atoms with Gasteiger partial charge in [-0.1, -0.05) is 12.8 Å². The maximum Gasteiger partial charge on any atom is 0.222 e. The van der Waals surface area contributed by atoms with E-state index in [9.17, 15) is 9.59 Å². The van der Waals surface area contributed by atoms with Crippen LogP contribution >= 0.6 is 25.3 Å². The lowest BCUT2D eigenvalue weighted by molar-refractivity contribution is -0.132. The van der Waals surface area contributed by atoms with Crippen molar-refractivity contribution in [2.45, 2.75) is 68.8 Å². The fourth-order valence-electron chi connectivity index (χ4n) is 2.92. The molecule has 1 fully saturated rings. The van der Waals surface area contributed by atoms with Gasteiger partial charge in [-0.25, -0.2) is 0 Å². The highest BCUT2D eigenvalue weighted by Crippen LogP contribution is 2.18. The van der Waals surface area contributed by atoms with Crippen LogP contribution in [0.15, 0.2) is 0 Å². The zero-order chi connectivity index (χ0) is 17.9. The molecule has 0 N–H and O–H groups in total. The molecule has 1 heterocycles. The van der Waals surface area contributed by atoms with E-state index in [0.717, 1.165) is 64.7 Å². The summed E-state index contributed by atoms with van der Waals surface area (Å²) >= 11 is 9.17. The second-order valence-corrected chi connectivity index (χ2v) is 8.52. The standard InChI is InChI=1S/C18H34N2O2S2/c1-15(21)7-8-16(23)5-3-4-6-17(24)9-10-18(22)20-13-11-19(2)12-14-20/h16-17,23-24H,3-14H2,1-2H3. The predicted molar refractivity (Wildman–Crippen MR) is 107 cm³/mol. The van der Waals surface area contributed by atoms with Crippen LogP contribution in [0.2, 0.25) is 0 Å². The molecule has 0 aliphatic carbocycles. The molecule has 4 nitrogen and oxygen atoms in total. The SMILES string of the molecule is CC(=O)CCC(S)CCCCC(S)CCC(=O)N1CCN(C)CC1. The number of Topliss-reactive ketones (excluding diaryl/α,β-unsaturated/α-hetero) is 1. The number of ketones is 1. The Morgan fingerprint density at radius 1 is 0.875 bits per heavy atom. The number of carbonyl (C=O) groups is 2. The minimum absolute atomic E-state index is 0.245. The van der Waals surface area contributed by atoms with E-state index in [2.05, 4.69) is 37.2 Å². The molecule has 0 radical (unpaired) electrons. The first-order chi connectivity index (χ1) is 11.4. The lowest BCUT2D eigenvalue weighted by Gasteiger charge is -2.32. The van der Waals surface area contributed by atoms with Crippen molar-refractivity contribution in [1.82, 2.24) is 9.80 Å². The Morgan fingerprint density at radius 3 is 1.88 bits per heavy atom. The molecule has 1 saturated heterocycles. The van der Waals surface area contributed by atoms with Gasteiger partial charge < -0.3 is 14.6 Å². The Hall–Kier alpha value is -0.200. The molecule has 1 aliphatic heterocycles. The Kier molecular flexibility index (Phi) is 11.1. The van der Waals surface area contributed by atoms with Crippen LogP contribution in [-0.4, -0.2) is 65.2 Å². The summed E-state index contributed by atoms with van der Waals surface area (Å²) in [7, 11) is 2.10. The van der Waals surface area contributed by atoms with Crippen molar-refractivity contribution in [3.05, 3.63) is 0 Å². The molecule has 6 heteroatoms. The smallest absolute Gasteiger partial charge is 0.222 e. The predicted octanol–water partition coefficient (Wildman–Crippen LogP) is 3.07. The quantitative estimate of drug-likeness (QED) is 0.431. The lowest BCUT2D eigenvalue weighted by Crippen LogP contribution is -2.47. The third-order valence-corrected chi connectivity index (χ3v) is 5.73. The second kappa shape index (κ2) is 12.2. The van der Waals surface area contributed by atoms with Crippen molar-refractivity contribution in [2.24, 2.45) is 0 Å². The molecular formula is C18H34N2O2S2. The van der Waals surface area contributed by atoms with E-state index >= 15 is 0 Å². The Bertz CT molecular complexity index is 385. The number of rotatable bonds is 11. The van der Waals surface area contributed by atoms with Crippen molar-refractivity contribution in [3.63, 3.8) is 0 Å². The number of carbonyl (C=O) groups excluding carboxylic acids is 2. The number of amides is 1. The maximum atomic E-state index is 12.2. The zero-order valence-corrected chi connectivity index (χ0v) is 17.0. The van der Waals surface area contributed by atoms with Crippen molar-refractivity contribution in [3.8, 4) is 0 Å². The summed E-state index contributed by atoms with van der Waals surface area (Å²) < 4.78 is 0. The van der Waals surface area contributed by atoms with Crippen molar-refractivity contribution in [2.75, 3.05) is 33.2 Å². The summed E-state index contributed by atoms with van der Waals surface area (Å²) in [6.45, 7) is 5.30. The van der Waals surface area contributed by atoms with Crippen LogP contribution in [0.25, 0.3) is 0 Å². The summed E-state index contributed by atoms with van der Waals surface area (Å²) in [4.78, 5) is 27.4. The number of hydrogen-bond donors (Lipinski definition) is 2. The summed E-state index contributed by atoms with van der Waals surface area (Å²) in [5.74, 6) is 0.524. The fourth-order valence-corrected chi connectivity index (χ4v) is 3.55. The molecule has 0 aromatic carbocycles. The van der Waals surface area contributed by atoms with Crippen LogP contribution in [0.4, 0.5) is 0 Å². The average Bonchev–Trinajstić information content (AvgIpc) is 2.55. The molecule has 0 saturated carbocycles. The van der Waals surface area contributed by atoms with E-state index in [1.165, 1.54) is 0 Å². The topological polar surface area (TPSA) is 40.6 Å². The summed E-state index contributed by atoms with van der Waals surface area (Å²) in [5, 5.41) is 0.628. The normalized spacial score (nSPS) is 18.4. The third-order valence-electron chi connectivity index (χ3n) is 4.70. The van der Waals surface area contributed by atoms with E-state index in [1.54, 1.807) is 6.92 Å². The molecule has 0 aromatic rings. The molecular weight excluding hydrogens is 340 g/mol. The highest BCUT2D eigenvalue weighted by Gasteiger charge is 2.19. The number of likely N-dealkylation sites (N-methyl/N-ethyl adjacent to an activating group) is 1. The monoisotopic (exact) mass is 374 g/mol. The van der Waals surface area contributed by atoms with Gasteiger partial charge in [-0.05, 0) is 39.7 Å². The van der Waals surface area contributed by atoms with Gasteiger partial charge in [-0.15, -0.1) is 0 Å². The van der Waals surface area contributed by atoms with Gasteiger partial charge in [0.2, 0.25) is 5.91 Å². The van der Waals surface area contributed by atoms with Crippen LogP contribution < -0.4 is 0 Å². The van der Waals surface area contributed by atoms with Crippen LogP contribution in [0.5, 0.6) is 0 Å². The van der Waals surface area contributed by atoms with Gasteiger partial charge in [-0.3, -0.25) is 4.79 Å². The highest BCUT2D eigenvalue weighted by molar-refractivity contribution is 7.81. The molecule has 2 unspecified atom stereocenters. The fraction of sp³-hybridized carbons (Fsp3) is 0.889. The van der Waals surface area contributed by atoms with Gasteiger partial charge in [0.25, 0.3) is 0 Å². The van der Waals surface area contributed by atoms with Crippen LogP contribution in [0, 0.1) is 0 Å². The van der Waals surface area contributed by atoms with Gasteiger partial charge in [0.15, 0.2) is 0 Å². The number of thiol groups is 2. The second-order valence-electron chi connectivity index (χ2n) is 7.06. The van der Waals surface area contributed by atoms with Crippen LogP contribution in [0.3, 0.4) is 0 Å². The Labute approximate surface area is 158 Å². The lowest BCUT2D eigenvalue weighted by atomic mass is 10.0. The van der Waals surface area contributed by atoms with Gasteiger partial charge in [0.05, 0.1) is 0 Å². The summed E-state index contributed by atoms with van der Waals surface area (Å²) in [5.41, 5.74) is 0. The summed E-state index contributed by atoms with van der Waals surface area (Å²) in [6.07, 6.45) is 7.33. The van der Waals surface area contributed by atoms with Crippen molar-refractivity contribution < 1.29 is 9.59 Å². The van der Waals surface area contributed by atoms with Gasteiger partial charge in [0.1, 0.15) is 5.78 Å². The van der Waals surface area contributed by atoms with E-state index in [4.69, 9.17) is 0 Å². The molecule has 0 spiro atoms. The Morgan fingerprint density at radius 2 is 1.38 bits per heavy atom. The molecule has 0 aromatic heterocycles. The first kappa shape index (κ1) is 21.8. The zero-order valence-electron chi connectivity index (χ0n) is 15.2. The van der Waals surface area contributed by atoms with Crippen LogP contribution in [-0.2, 0) is 9.59 Å². The number of nitrogens with zero attached hydrogens (tertiary/aromatic N) is 2. The van der Waals surface area contributed by atoms with Crippen LogP contribution in [0.1, 0.15) is 58.3 Å². The molecule has 24 heavy (non-hydrogen) atoms. The molecule has 1 amide bonds. The van der Waals surface area contributed by atoms with Gasteiger partial charge in [0, 0.05) is 49.5 Å². The maximum absolute atomic E-state index is 12.2. The van der Waals surface area contributed by atoms with Crippen molar-refractivity contribution in [1.29, 1.82) is 0 Å². The minimum atomic E-state index is 0.245. The van der Waals surface area contributed by atoms with Crippen molar-refractivity contribution >= 4 is 36.9 Å². The highest BCUT2D eigenvalue weighted by atomic mass is 32.1. The average molecular weight is 375 g/mol. The molecule has 1 aliphatic rings. The molecule has 0 bridgehead atoms. The molecule has 2 atom stereocenters. The van der Waals surface area contributed by atoms with E-state index in [0.29, 0.717) is 23.3 Å². The van der Waals surface area contributed by atoms with Gasteiger partial charge >= 0.3 is 0 Å². The number of hydrogen-bond acceptors (Lipinski definition) is 5. The first-order valence-electron chi connectivity index (χ1n) is 9.20. The largest absolute Gasteiger partial charge is 0.340 e. The van der Waals surface area contributed by atoms with Gasteiger partial charge in [-0.2, -0.15) is 25.3 Å². The third kappa shape index (κ3) is 9.94. The number of piperazine rings is 1. The Balaban J connectivity index is 2.04. The van der Waals surface area contributed by atoms with E-state index < -0.39 is 0 Å². The molecule has 1 rings (SSSR count). The first-order valence-corrected chi connectivity index (χ1v) is 10.2. The van der Waals surface area contributed by atoms with E-state index in [1.807, 2.05) is 4.90 Å². The summed E-state index contributed by atoms with van der Waals surface area (Å²) in [6, 6.07) is 0.